The van der Waals surface area contributed by atoms with Gasteiger partial charge in [-0.2, -0.15) is 4.73 Å². The Morgan fingerprint density at radius 1 is 1.22 bits per heavy atom. The number of hydrogen-bond donors (Lipinski definition) is 2. The molecular formula is C14H16N6O3. The highest BCUT2D eigenvalue weighted by atomic mass is 16.5. The standard InChI is InChI=1S/C14H16N6O3/c21-10-6-9(7-10)18-4-5-19(14(18)22)12-3-1-2-11(16-12)13-17-15-8-20(13)23/h1-3,8-10,21,23H,4-7H2. The van der Waals surface area contributed by atoms with E-state index in [9.17, 15) is 15.1 Å². The van der Waals surface area contributed by atoms with Gasteiger partial charge in [-0.25, -0.2) is 9.78 Å². The molecule has 2 amide bonds. The zero-order chi connectivity index (χ0) is 16.0. The largest absolute Gasteiger partial charge is 0.425 e. The molecule has 9 nitrogen and oxygen atoms in total. The molecule has 0 radical (unpaired) electrons. The summed E-state index contributed by atoms with van der Waals surface area (Å²) in [7, 11) is 0. The molecule has 1 saturated carbocycles. The van der Waals surface area contributed by atoms with Crippen LogP contribution < -0.4 is 4.90 Å². The molecule has 4 rings (SSSR count). The first-order valence-electron chi connectivity index (χ1n) is 7.46. The molecule has 0 unspecified atom stereocenters. The van der Waals surface area contributed by atoms with Crippen molar-refractivity contribution in [2.45, 2.75) is 25.0 Å². The van der Waals surface area contributed by atoms with Crippen molar-refractivity contribution in [2.75, 3.05) is 18.0 Å². The van der Waals surface area contributed by atoms with E-state index in [2.05, 4.69) is 15.2 Å². The van der Waals surface area contributed by atoms with Gasteiger partial charge in [0.1, 0.15) is 11.5 Å². The normalized spacial score (nSPS) is 24.1. The van der Waals surface area contributed by atoms with Gasteiger partial charge in [-0.3, -0.25) is 4.90 Å². The van der Waals surface area contributed by atoms with Gasteiger partial charge in [-0.15, -0.1) is 10.2 Å². The summed E-state index contributed by atoms with van der Waals surface area (Å²) in [5, 5.41) is 26.5. The summed E-state index contributed by atoms with van der Waals surface area (Å²) in [5.74, 6) is 0.732. The summed E-state index contributed by atoms with van der Waals surface area (Å²) in [5.41, 5.74) is 0.438. The highest BCUT2D eigenvalue weighted by molar-refractivity contribution is 5.93. The van der Waals surface area contributed by atoms with Gasteiger partial charge in [0.2, 0.25) is 5.82 Å². The van der Waals surface area contributed by atoms with Crippen LogP contribution in [-0.2, 0) is 0 Å². The number of aliphatic hydroxyl groups is 1. The molecule has 2 aromatic heterocycles. The second-order valence-electron chi connectivity index (χ2n) is 5.79. The van der Waals surface area contributed by atoms with Gasteiger partial charge >= 0.3 is 6.03 Å². The quantitative estimate of drug-likeness (QED) is 0.791. The maximum absolute atomic E-state index is 12.6. The Bertz CT molecular complexity index is 742. The first-order valence-corrected chi connectivity index (χ1v) is 7.46. The molecule has 1 aliphatic carbocycles. The number of nitrogens with zero attached hydrogens (tertiary/aromatic N) is 6. The lowest BCUT2D eigenvalue weighted by Gasteiger charge is -2.38. The Morgan fingerprint density at radius 2 is 2.04 bits per heavy atom. The summed E-state index contributed by atoms with van der Waals surface area (Å²) >= 11 is 0. The molecule has 3 heterocycles. The number of rotatable bonds is 3. The highest BCUT2D eigenvalue weighted by Gasteiger charge is 2.40. The molecule has 9 heteroatoms. The smallest absolute Gasteiger partial charge is 0.326 e. The number of anilines is 1. The number of carbonyl (C=O) groups excluding carboxylic acids is 1. The zero-order valence-electron chi connectivity index (χ0n) is 12.3. The van der Waals surface area contributed by atoms with Crippen LogP contribution in [0.2, 0.25) is 0 Å². The summed E-state index contributed by atoms with van der Waals surface area (Å²) in [6.07, 6.45) is 2.16. The Morgan fingerprint density at radius 3 is 2.74 bits per heavy atom. The van der Waals surface area contributed by atoms with E-state index in [1.54, 1.807) is 28.0 Å². The van der Waals surface area contributed by atoms with Crippen LogP contribution in [0.25, 0.3) is 11.5 Å². The number of hydrogen-bond acceptors (Lipinski definition) is 6. The Balaban J connectivity index is 1.57. The molecule has 2 N–H and O–H groups in total. The van der Waals surface area contributed by atoms with Gasteiger partial charge in [-0.1, -0.05) is 6.07 Å². The number of amides is 2. The van der Waals surface area contributed by atoms with Crippen LogP contribution in [0.4, 0.5) is 10.6 Å². The summed E-state index contributed by atoms with van der Waals surface area (Å²) in [6, 6.07) is 5.22. The highest BCUT2D eigenvalue weighted by Crippen LogP contribution is 2.30. The van der Waals surface area contributed by atoms with Gasteiger partial charge in [0.05, 0.1) is 6.10 Å². The molecule has 0 atom stereocenters. The van der Waals surface area contributed by atoms with E-state index in [0.29, 0.717) is 37.4 Å². The van der Waals surface area contributed by atoms with Crippen LogP contribution in [0, 0.1) is 0 Å². The third-order valence-corrected chi connectivity index (χ3v) is 4.34. The van der Waals surface area contributed by atoms with E-state index in [4.69, 9.17) is 0 Å². The van der Waals surface area contributed by atoms with Crippen LogP contribution in [-0.4, -0.2) is 66.4 Å². The van der Waals surface area contributed by atoms with Gasteiger partial charge in [-0.05, 0) is 25.0 Å². The van der Waals surface area contributed by atoms with Crippen molar-refractivity contribution in [1.82, 2.24) is 24.8 Å². The maximum atomic E-state index is 12.6. The van der Waals surface area contributed by atoms with E-state index < -0.39 is 0 Å². The minimum Gasteiger partial charge on any atom is -0.425 e. The first-order chi connectivity index (χ1) is 11.1. The summed E-state index contributed by atoms with van der Waals surface area (Å²) < 4.78 is 0.792. The molecule has 0 bridgehead atoms. The molecule has 120 valence electrons. The van der Waals surface area contributed by atoms with E-state index in [1.807, 2.05) is 0 Å². The lowest BCUT2D eigenvalue weighted by molar-refractivity contribution is 0.0249. The third kappa shape index (κ3) is 2.29. The van der Waals surface area contributed by atoms with Crippen molar-refractivity contribution >= 4 is 11.8 Å². The monoisotopic (exact) mass is 316 g/mol. The fourth-order valence-electron chi connectivity index (χ4n) is 3.02. The van der Waals surface area contributed by atoms with Crippen LogP contribution in [0.3, 0.4) is 0 Å². The molecule has 2 aliphatic rings. The van der Waals surface area contributed by atoms with Gasteiger partial charge < -0.3 is 15.2 Å². The minimum absolute atomic E-state index is 0.1000. The van der Waals surface area contributed by atoms with Gasteiger partial charge in [0.25, 0.3) is 0 Å². The maximum Gasteiger partial charge on any atom is 0.326 e. The number of pyridine rings is 1. The predicted molar refractivity (Wildman–Crippen MR) is 78.9 cm³/mol. The van der Waals surface area contributed by atoms with Crippen molar-refractivity contribution in [1.29, 1.82) is 0 Å². The van der Waals surface area contributed by atoms with Crippen molar-refractivity contribution in [3.8, 4) is 11.5 Å². The SMILES string of the molecule is O=C1N(c2cccc(-c3nncn3O)n2)CCN1C1CC(O)C1. The number of aromatic nitrogens is 4. The fourth-order valence-corrected chi connectivity index (χ4v) is 3.02. The van der Waals surface area contributed by atoms with Crippen molar-refractivity contribution in [3.05, 3.63) is 24.5 Å². The number of carbonyl (C=O) groups is 1. The first kappa shape index (κ1) is 13.9. The lowest BCUT2D eigenvalue weighted by atomic mass is 9.88. The zero-order valence-corrected chi connectivity index (χ0v) is 12.3. The van der Waals surface area contributed by atoms with Crippen LogP contribution in [0.15, 0.2) is 24.5 Å². The second kappa shape index (κ2) is 5.20. The molecule has 1 saturated heterocycles. The molecule has 2 fully saturated rings. The molecule has 23 heavy (non-hydrogen) atoms. The molecule has 0 spiro atoms. The molecule has 1 aliphatic heterocycles. The number of aliphatic hydroxyl groups excluding tert-OH is 1. The Hall–Kier alpha value is -2.68. The van der Waals surface area contributed by atoms with Crippen molar-refractivity contribution < 1.29 is 15.1 Å². The molecule has 0 aromatic carbocycles. The van der Waals surface area contributed by atoms with Gasteiger partial charge in [0, 0.05) is 19.1 Å². The van der Waals surface area contributed by atoms with E-state index in [0.717, 1.165) is 4.73 Å². The predicted octanol–water partition coefficient (Wildman–Crippen LogP) is 0.343. The molecule has 2 aromatic rings. The van der Waals surface area contributed by atoms with Crippen LogP contribution >= 0.6 is 0 Å². The average Bonchev–Trinajstić information content (AvgIpc) is 3.10. The fraction of sp³-hybridized carbons (Fsp3) is 0.429. The average molecular weight is 316 g/mol. The van der Waals surface area contributed by atoms with Crippen LogP contribution in [0.5, 0.6) is 0 Å². The number of urea groups is 1. The van der Waals surface area contributed by atoms with E-state index >= 15 is 0 Å². The van der Waals surface area contributed by atoms with Gasteiger partial charge in [0.15, 0.2) is 6.33 Å². The Kier molecular flexibility index (Phi) is 3.15. The van der Waals surface area contributed by atoms with E-state index in [-0.39, 0.29) is 24.0 Å². The van der Waals surface area contributed by atoms with E-state index in [1.165, 1.54) is 6.33 Å². The van der Waals surface area contributed by atoms with Crippen molar-refractivity contribution in [2.24, 2.45) is 0 Å². The molecular weight excluding hydrogens is 300 g/mol. The Labute approximate surface area is 131 Å². The lowest BCUT2D eigenvalue weighted by Crippen LogP contribution is -2.48. The summed E-state index contributed by atoms with van der Waals surface area (Å²) in [6.45, 7) is 1.17. The third-order valence-electron chi connectivity index (χ3n) is 4.34. The summed E-state index contributed by atoms with van der Waals surface area (Å²) in [4.78, 5) is 20.4. The topological polar surface area (TPSA) is 108 Å². The van der Waals surface area contributed by atoms with Crippen LogP contribution in [0.1, 0.15) is 12.8 Å². The minimum atomic E-state index is -0.292. The second-order valence-corrected chi connectivity index (χ2v) is 5.79. The van der Waals surface area contributed by atoms with Crippen molar-refractivity contribution in [3.63, 3.8) is 0 Å².